The maximum atomic E-state index is 12.7. The van der Waals surface area contributed by atoms with Gasteiger partial charge in [-0.3, -0.25) is 9.59 Å². The molecule has 1 aliphatic rings. The van der Waals surface area contributed by atoms with Crippen LogP contribution in [0.5, 0.6) is 0 Å². The van der Waals surface area contributed by atoms with Gasteiger partial charge in [0.05, 0.1) is 12.2 Å². The number of anilines is 2. The van der Waals surface area contributed by atoms with Crippen LogP contribution in [0.4, 0.5) is 11.4 Å². The fourth-order valence-corrected chi connectivity index (χ4v) is 3.30. The van der Waals surface area contributed by atoms with Gasteiger partial charge in [-0.05, 0) is 50.1 Å². The Hall–Kier alpha value is -2.86. The SMILES string of the molecule is COCCNC(=O)c1cc(NC(=O)c2ccc(C)cc2)ccc1N1CCCC1. The number of carbonyl (C=O) groups excluding carboxylic acids is 2. The molecule has 0 aromatic heterocycles. The van der Waals surface area contributed by atoms with E-state index in [0.717, 1.165) is 37.2 Å². The number of hydrogen-bond donors (Lipinski definition) is 2. The number of ether oxygens (including phenoxy) is 1. The van der Waals surface area contributed by atoms with E-state index < -0.39 is 0 Å². The normalized spacial score (nSPS) is 13.4. The molecular formula is C22H27N3O3. The maximum Gasteiger partial charge on any atom is 0.255 e. The second-order valence-electron chi connectivity index (χ2n) is 6.99. The van der Waals surface area contributed by atoms with Crippen molar-refractivity contribution in [3.63, 3.8) is 0 Å². The third kappa shape index (κ3) is 4.89. The van der Waals surface area contributed by atoms with Gasteiger partial charge in [0.1, 0.15) is 0 Å². The Morgan fingerprint density at radius 2 is 1.75 bits per heavy atom. The van der Waals surface area contributed by atoms with E-state index in [0.29, 0.717) is 30.0 Å². The average Bonchev–Trinajstić information content (AvgIpc) is 3.23. The van der Waals surface area contributed by atoms with Crippen LogP contribution in [0, 0.1) is 6.92 Å². The zero-order valence-electron chi connectivity index (χ0n) is 16.5. The topological polar surface area (TPSA) is 70.7 Å². The molecule has 6 heteroatoms. The molecule has 2 aromatic carbocycles. The smallest absolute Gasteiger partial charge is 0.255 e. The van der Waals surface area contributed by atoms with Gasteiger partial charge in [-0.2, -0.15) is 0 Å². The van der Waals surface area contributed by atoms with E-state index in [2.05, 4.69) is 15.5 Å². The van der Waals surface area contributed by atoms with E-state index >= 15 is 0 Å². The van der Waals surface area contributed by atoms with E-state index in [1.165, 1.54) is 0 Å². The molecule has 0 unspecified atom stereocenters. The molecule has 1 fully saturated rings. The molecule has 2 aromatic rings. The third-order valence-corrected chi connectivity index (χ3v) is 4.85. The van der Waals surface area contributed by atoms with Crippen LogP contribution in [-0.2, 0) is 4.74 Å². The second-order valence-corrected chi connectivity index (χ2v) is 6.99. The molecule has 0 aliphatic carbocycles. The highest BCUT2D eigenvalue weighted by Gasteiger charge is 2.20. The van der Waals surface area contributed by atoms with Crippen LogP contribution in [0.25, 0.3) is 0 Å². The van der Waals surface area contributed by atoms with Crippen LogP contribution < -0.4 is 15.5 Å². The summed E-state index contributed by atoms with van der Waals surface area (Å²) in [6.07, 6.45) is 2.24. The van der Waals surface area contributed by atoms with Crippen molar-refractivity contribution in [2.75, 3.05) is 43.6 Å². The lowest BCUT2D eigenvalue weighted by molar-refractivity contribution is 0.0936. The Labute approximate surface area is 165 Å². The summed E-state index contributed by atoms with van der Waals surface area (Å²) in [7, 11) is 1.60. The highest BCUT2D eigenvalue weighted by molar-refractivity contribution is 6.06. The fourth-order valence-electron chi connectivity index (χ4n) is 3.30. The summed E-state index contributed by atoms with van der Waals surface area (Å²) in [5, 5.41) is 5.77. The molecule has 148 valence electrons. The van der Waals surface area contributed by atoms with Crippen molar-refractivity contribution in [3.8, 4) is 0 Å². The summed E-state index contributed by atoms with van der Waals surface area (Å²) < 4.78 is 5.01. The fraction of sp³-hybridized carbons (Fsp3) is 0.364. The number of carbonyl (C=O) groups is 2. The molecule has 1 saturated heterocycles. The van der Waals surface area contributed by atoms with Crippen molar-refractivity contribution in [1.29, 1.82) is 0 Å². The number of nitrogens with one attached hydrogen (secondary N) is 2. The first-order chi connectivity index (χ1) is 13.6. The van der Waals surface area contributed by atoms with Crippen LogP contribution in [-0.4, -0.2) is 45.2 Å². The van der Waals surface area contributed by atoms with Gasteiger partial charge in [0.2, 0.25) is 0 Å². The number of amides is 2. The van der Waals surface area contributed by atoms with Crippen molar-refractivity contribution in [2.45, 2.75) is 19.8 Å². The van der Waals surface area contributed by atoms with Crippen molar-refractivity contribution in [2.24, 2.45) is 0 Å². The third-order valence-electron chi connectivity index (χ3n) is 4.85. The summed E-state index contributed by atoms with van der Waals surface area (Å²) in [6.45, 7) is 4.75. The van der Waals surface area contributed by atoms with Gasteiger partial charge < -0.3 is 20.3 Å². The van der Waals surface area contributed by atoms with Gasteiger partial charge in [0, 0.05) is 43.7 Å². The molecule has 1 heterocycles. The highest BCUT2D eigenvalue weighted by atomic mass is 16.5. The molecule has 0 spiro atoms. The molecule has 0 saturated carbocycles. The summed E-state index contributed by atoms with van der Waals surface area (Å²) in [4.78, 5) is 27.5. The Kier molecular flexibility index (Phi) is 6.66. The zero-order chi connectivity index (χ0) is 19.9. The summed E-state index contributed by atoms with van der Waals surface area (Å²) in [5.41, 5.74) is 3.76. The lowest BCUT2D eigenvalue weighted by Gasteiger charge is -2.22. The molecule has 28 heavy (non-hydrogen) atoms. The van der Waals surface area contributed by atoms with Crippen LogP contribution in [0.1, 0.15) is 39.1 Å². The van der Waals surface area contributed by atoms with Crippen molar-refractivity contribution >= 4 is 23.2 Å². The number of aryl methyl sites for hydroxylation is 1. The predicted molar refractivity (Wildman–Crippen MR) is 111 cm³/mol. The lowest BCUT2D eigenvalue weighted by atomic mass is 10.1. The summed E-state index contributed by atoms with van der Waals surface area (Å²) in [6, 6.07) is 12.9. The second kappa shape index (κ2) is 9.37. The molecular weight excluding hydrogens is 354 g/mol. The predicted octanol–water partition coefficient (Wildman–Crippen LogP) is 3.22. The quantitative estimate of drug-likeness (QED) is 0.723. The van der Waals surface area contributed by atoms with Crippen LogP contribution in [0.2, 0.25) is 0 Å². The monoisotopic (exact) mass is 381 g/mol. The zero-order valence-corrected chi connectivity index (χ0v) is 16.5. The number of rotatable bonds is 7. The molecule has 3 rings (SSSR count). The number of benzene rings is 2. The van der Waals surface area contributed by atoms with E-state index in [-0.39, 0.29) is 11.8 Å². The molecule has 2 amide bonds. The minimum absolute atomic E-state index is 0.162. The number of nitrogens with zero attached hydrogens (tertiary/aromatic N) is 1. The van der Waals surface area contributed by atoms with Gasteiger partial charge in [-0.15, -0.1) is 0 Å². The average molecular weight is 381 g/mol. The van der Waals surface area contributed by atoms with Crippen LogP contribution in [0.3, 0.4) is 0 Å². The minimum Gasteiger partial charge on any atom is -0.383 e. The Balaban J connectivity index is 1.81. The molecule has 2 N–H and O–H groups in total. The van der Waals surface area contributed by atoms with Crippen molar-refractivity contribution < 1.29 is 14.3 Å². The van der Waals surface area contributed by atoms with Crippen molar-refractivity contribution in [1.82, 2.24) is 5.32 Å². The van der Waals surface area contributed by atoms with E-state index in [9.17, 15) is 9.59 Å². The molecule has 1 aliphatic heterocycles. The van der Waals surface area contributed by atoms with Crippen molar-refractivity contribution in [3.05, 3.63) is 59.2 Å². The van der Waals surface area contributed by atoms with Gasteiger partial charge >= 0.3 is 0 Å². The van der Waals surface area contributed by atoms with Gasteiger partial charge in [-0.1, -0.05) is 17.7 Å². The van der Waals surface area contributed by atoms with Gasteiger partial charge in [0.25, 0.3) is 11.8 Å². The Morgan fingerprint density at radius 3 is 2.43 bits per heavy atom. The standard InChI is InChI=1S/C22H27N3O3/c1-16-5-7-17(8-6-16)21(26)24-18-9-10-20(25-12-3-4-13-25)19(15-18)22(27)23-11-14-28-2/h5-10,15H,3-4,11-14H2,1-2H3,(H,23,27)(H,24,26). The van der Waals surface area contributed by atoms with Gasteiger partial charge in [-0.25, -0.2) is 0 Å². The van der Waals surface area contributed by atoms with Gasteiger partial charge in [0.15, 0.2) is 0 Å². The molecule has 0 atom stereocenters. The number of hydrogen-bond acceptors (Lipinski definition) is 4. The number of methoxy groups -OCH3 is 1. The summed E-state index contributed by atoms with van der Waals surface area (Å²) >= 11 is 0. The lowest BCUT2D eigenvalue weighted by Crippen LogP contribution is -2.30. The Morgan fingerprint density at radius 1 is 1.04 bits per heavy atom. The minimum atomic E-state index is -0.195. The first kappa shape index (κ1) is 19.9. The summed E-state index contributed by atoms with van der Waals surface area (Å²) in [5.74, 6) is -0.356. The first-order valence-electron chi connectivity index (χ1n) is 9.62. The van der Waals surface area contributed by atoms with E-state index in [4.69, 9.17) is 4.74 Å². The Bertz CT molecular complexity index is 827. The highest BCUT2D eigenvalue weighted by Crippen LogP contribution is 2.28. The largest absolute Gasteiger partial charge is 0.383 e. The van der Waals surface area contributed by atoms with E-state index in [1.54, 1.807) is 25.3 Å². The molecule has 0 radical (unpaired) electrons. The van der Waals surface area contributed by atoms with Crippen LogP contribution in [0.15, 0.2) is 42.5 Å². The van der Waals surface area contributed by atoms with Crippen LogP contribution >= 0.6 is 0 Å². The molecule has 6 nitrogen and oxygen atoms in total. The maximum absolute atomic E-state index is 12.7. The van der Waals surface area contributed by atoms with E-state index in [1.807, 2.05) is 31.2 Å². The molecule has 0 bridgehead atoms. The first-order valence-corrected chi connectivity index (χ1v) is 9.62.